The summed E-state index contributed by atoms with van der Waals surface area (Å²) in [6, 6.07) is 11.7. The van der Waals surface area contributed by atoms with Crippen LogP contribution in [0.2, 0.25) is 0 Å². The Morgan fingerprint density at radius 2 is 1.73 bits per heavy atom. The fourth-order valence-electron chi connectivity index (χ4n) is 6.55. The average Bonchev–Trinajstić information content (AvgIpc) is 3.33. The van der Waals surface area contributed by atoms with E-state index >= 15 is 0 Å². The Labute approximate surface area is 263 Å². The van der Waals surface area contributed by atoms with E-state index in [0.717, 1.165) is 36.7 Å². The van der Waals surface area contributed by atoms with Gasteiger partial charge >= 0.3 is 11.7 Å². The van der Waals surface area contributed by atoms with Gasteiger partial charge in [-0.15, -0.1) is 0 Å². The number of nitrogens with zero attached hydrogens (tertiary/aromatic N) is 4. The van der Waals surface area contributed by atoms with Crippen LogP contribution < -0.4 is 11.3 Å². The maximum atomic E-state index is 13.7. The number of oxazole rings is 1. The first-order chi connectivity index (χ1) is 21.4. The first-order valence-electron chi connectivity index (χ1n) is 15.9. The molecule has 0 aliphatic heterocycles. The lowest BCUT2D eigenvalue weighted by Crippen LogP contribution is -2.44. The highest BCUT2D eigenvalue weighted by Crippen LogP contribution is 2.49. The van der Waals surface area contributed by atoms with Crippen molar-refractivity contribution in [3.8, 4) is 23.3 Å². The van der Waals surface area contributed by atoms with Crippen molar-refractivity contribution in [3.05, 3.63) is 69.6 Å². The van der Waals surface area contributed by atoms with Crippen LogP contribution in [0.4, 0.5) is 0 Å². The Morgan fingerprint density at radius 3 is 2.42 bits per heavy atom. The zero-order chi connectivity index (χ0) is 32.5. The number of hydrogen-bond acceptors (Lipinski definition) is 8. The van der Waals surface area contributed by atoms with E-state index in [1.54, 1.807) is 42.5 Å². The molecule has 1 aliphatic carbocycles. The van der Waals surface area contributed by atoms with Crippen molar-refractivity contribution in [2.75, 3.05) is 0 Å². The van der Waals surface area contributed by atoms with Gasteiger partial charge in [-0.05, 0) is 60.3 Å². The van der Waals surface area contributed by atoms with Gasteiger partial charge in [-0.25, -0.2) is 14.8 Å². The van der Waals surface area contributed by atoms with Crippen LogP contribution in [0.1, 0.15) is 80.1 Å². The van der Waals surface area contributed by atoms with Gasteiger partial charge in [-0.2, -0.15) is 4.57 Å². The third-order valence-corrected chi connectivity index (χ3v) is 10.3. The minimum atomic E-state index is -0.888. The van der Waals surface area contributed by atoms with Crippen LogP contribution in [0.25, 0.3) is 28.3 Å². The smallest absolute Gasteiger partial charge is 0.428 e. The average molecular weight is 617 g/mol. The maximum Gasteiger partial charge on any atom is 0.428 e. The summed E-state index contributed by atoms with van der Waals surface area (Å²) in [7, 11) is 0. The summed E-state index contributed by atoms with van der Waals surface area (Å²) >= 11 is 0. The molecule has 0 bridgehead atoms. The number of pyridine rings is 1. The predicted molar refractivity (Wildman–Crippen MR) is 172 cm³/mol. The van der Waals surface area contributed by atoms with Crippen LogP contribution in [0, 0.1) is 22.7 Å². The number of para-hydroxylation sites is 1. The lowest BCUT2D eigenvalue weighted by atomic mass is 9.60. The largest absolute Gasteiger partial charge is 0.491 e. The van der Waals surface area contributed by atoms with Crippen LogP contribution in [0.3, 0.4) is 0 Å². The predicted octanol–water partition coefficient (Wildman–Crippen LogP) is 6.50. The molecule has 0 saturated heterocycles. The summed E-state index contributed by atoms with van der Waals surface area (Å²) in [4.78, 5) is 48.7. The van der Waals surface area contributed by atoms with E-state index in [0.29, 0.717) is 16.8 Å². The maximum absolute atomic E-state index is 13.7. The number of aromatic hydroxyl groups is 1. The van der Waals surface area contributed by atoms with Crippen molar-refractivity contribution < 1.29 is 19.1 Å². The number of rotatable bonds is 10. The molecule has 3 heterocycles. The SMILES string of the molecule is CCC(C)(C)C1CCC(OC(=O)CCn2c(-c3oc(=O)n(-c4ccccn4)c3O)nc3ccccc3c2=O)C(C(C)(C)CC)C1. The third kappa shape index (κ3) is 6.32. The van der Waals surface area contributed by atoms with Crippen molar-refractivity contribution >= 4 is 16.9 Å². The highest BCUT2D eigenvalue weighted by molar-refractivity contribution is 5.79. The number of hydrogen-bond donors (Lipinski definition) is 1. The normalized spacial score (nSPS) is 19.1. The zero-order valence-corrected chi connectivity index (χ0v) is 27.1. The Hall–Kier alpha value is -4.21. The van der Waals surface area contributed by atoms with E-state index in [-0.39, 0.29) is 53.2 Å². The number of fused-ring (bicyclic) bond motifs is 1. The molecule has 240 valence electrons. The van der Waals surface area contributed by atoms with Gasteiger partial charge in [0.05, 0.1) is 17.3 Å². The van der Waals surface area contributed by atoms with E-state index in [9.17, 15) is 19.5 Å². The topological polar surface area (TPSA) is 129 Å². The molecule has 0 amide bonds. The molecule has 1 saturated carbocycles. The minimum Gasteiger partial charge on any atom is -0.491 e. The van der Waals surface area contributed by atoms with E-state index in [4.69, 9.17) is 9.15 Å². The monoisotopic (exact) mass is 616 g/mol. The van der Waals surface area contributed by atoms with Crippen molar-refractivity contribution in [3.63, 3.8) is 0 Å². The van der Waals surface area contributed by atoms with Gasteiger partial charge in [-0.3, -0.25) is 14.2 Å². The Balaban J connectivity index is 1.44. The summed E-state index contributed by atoms with van der Waals surface area (Å²) in [6.07, 6.45) is 6.04. The van der Waals surface area contributed by atoms with Crippen molar-refractivity contribution in [2.45, 2.75) is 92.7 Å². The molecule has 3 atom stereocenters. The van der Waals surface area contributed by atoms with E-state index in [2.05, 4.69) is 51.5 Å². The summed E-state index contributed by atoms with van der Waals surface area (Å²) < 4.78 is 13.8. The van der Waals surface area contributed by atoms with Gasteiger partial charge in [0.1, 0.15) is 11.9 Å². The lowest BCUT2D eigenvalue weighted by molar-refractivity contribution is -0.160. The van der Waals surface area contributed by atoms with Gasteiger partial charge in [0.2, 0.25) is 5.76 Å². The van der Waals surface area contributed by atoms with Gasteiger partial charge in [-0.1, -0.05) is 72.6 Å². The molecule has 0 spiro atoms. The highest BCUT2D eigenvalue weighted by atomic mass is 16.5. The molecule has 3 unspecified atom stereocenters. The van der Waals surface area contributed by atoms with E-state index in [1.807, 2.05) is 0 Å². The summed E-state index contributed by atoms with van der Waals surface area (Å²) in [5.74, 6) is -1.28. The van der Waals surface area contributed by atoms with Gasteiger partial charge < -0.3 is 14.3 Å². The van der Waals surface area contributed by atoms with Crippen LogP contribution in [-0.2, 0) is 16.1 Å². The molecular weight excluding hydrogens is 572 g/mol. The summed E-state index contributed by atoms with van der Waals surface area (Å²) in [6.45, 7) is 13.5. The number of esters is 1. The molecule has 1 aliphatic rings. The molecule has 1 fully saturated rings. The molecule has 1 aromatic carbocycles. The Kier molecular flexibility index (Phi) is 9.05. The fourth-order valence-corrected chi connectivity index (χ4v) is 6.55. The zero-order valence-electron chi connectivity index (χ0n) is 27.1. The molecular formula is C35H44N4O6. The molecule has 4 aromatic rings. The van der Waals surface area contributed by atoms with Crippen molar-refractivity contribution in [1.29, 1.82) is 0 Å². The Morgan fingerprint density at radius 1 is 1.02 bits per heavy atom. The van der Waals surface area contributed by atoms with E-state index < -0.39 is 23.2 Å². The summed E-state index contributed by atoms with van der Waals surface area (Å²) in [5, 5.41) is 11.4. The number of benzene rings is 1. The van der Waals surface area contributed by atoms with Crippen LogP contribution >= 0.6 is 0 Å². The second-order valence-corrected chi connectivity index (χ2v) is 13.5. The number of aromatic nitrogens is 4. The molecule has 5 rings (SSSR count). The minimum absolute atomic E-state index is 0.00432. The molecule has 10 nitrogen and oxygen atoms in total. The quantitative estimate of drug-likeness (QED) is 0.200. The molecule has 1 N–H and O–H groups in total. The standard InChI is InChI=1S/C35H44N4O6/c1-7-34(3,4)22-16-17-26(24(21-22)35(5,6)8-2)44-28(40)18-20-38-30(37-25-14-10-9-13-23(25)31(38)41)29-32(42)39(33(43)45-29)27-15-11-12-19-36-27/h9-15,19,22,24,26,42H,7-8,16-18,20-21H2,1-6H3. The first kappa shape index (κ1) is 32.2. The molecule has 10 heteroatoms. The van der Waals surface area contributed by atoms with E-state index in [1.165, 1.54) is 10.8 Å². The summed E-state index contributed by atoms with van der Waals surface area (Å²) in [5.41, 5.74) is 0.146. The van der Waals surface area contributed by atoms with Crippen LogP contribution in [0.5, 0.6) is 5.88 Å². The number of ether oxygens (including phenoxy) is 1. The second-order valence-electron chi connectivity index (χ2n) is 13.5. The fraction of sp³-hybridized carbons (Fsp3) is 0.514. The lowest BCUT2D eigenvalue weighted by Gasteiger charge is -2.48. The van der Waals surface area contributed by atoms with Gasteiger partial charge in [0.25, 0.3) is 11.4 Å². The number of carbonyl (C=O) groups is 1. The highest BCUT2D eigenvalue weighted by Gasteiger charge is 2.44. The third-order valence-electron chi connectivity index (χ3n) is 10.3. The van der Waals surface area contributed by atoms with Gasteiger partial charge in [0.15, 0.2) is 5.82 Å². The second kappa shape index (κ2) is 12.7. The number of carbonyl (C=O) groups excluding carboxylic acids is 1. The molecule has 0 radical (unpaired) electrons. The van der Waals surface area contributed by atoms with Crippen molar-refractivity contribution in [1.82, 2.24) is 19.1 Å². The van der Waals surface area contributed by atoms with Crippen LogP contribution in [-0.4, -0.2) is 36.3 Å². The first-order valence-corrected chi connectivity index (χ1v) is 15.9. The van der Waals surface area contributed by atoms with Crippen molar-refractivity contribution in [2.24, 2.45) is 22.7 Å². The van der Waals surface area contributed by atoms with Gasteiger partial charge in [0, 0.05) is 18.7 Å². The van der Waals surface area contributed by atoms with Crippen LogP contribution in [0.15, 0.2) is 62.7 Å². The molecule has 3 aromatic heterocycles. The molecule has 45 heavy (non-hydrogen) atoms. The Bertz CT molecular complexity index is 1790.